The summed E-state index contributed by atoms with van der Waals surface area (Å²) >= 11 is 1.60. The zero-order valence-corrected chi connectivity index (χ0v) is 13.8. The second kappa shape index (κ2) is 8.95. The molecule has 0 spiro atoms. The van der Waals surface area contributed by atoms with Crippen LogP contribution >= 0.6 is 11.3 Å². The zero-order valence-electron chi connectivity index (χ0n) is 12.9. The fourth-order valence-electron chi connectivity index (χ4n) is 1.99. The van der Waals surface area contributed by atoms with E-state index in [0.29, 0.717) is 25.5 Å². The molecule has 0 fully saturated rings. The lowest BCUT2D eigenvalue weighted by molar-refractivity contribution is -0.143. The molecule has 0 radical (unpaired) electrons. The van der Waals surface area contributed by atoms with Gasteiger partial charge < -0.3 is 10.1 Å². The number of carbonyl (C=O) groups is 1. The fourth-order valence-corrected chi connectivity index (χ4v) is 2.85. The second-order valence-corrected chi connectivity index (χ2v) is 6.10. The Hall–Kier alpha value is -1.10. The smallest absolute Gasteiger partial charge is 0.306 e. The molecule has 0 aliphatic rings. The van der Waals surface area contributed by atoms with Gasteiger partial charge in [0.2, 0.25) is 0 Å². The lowest BCUT2D eigenvalue weighted by Gasteiger charge is -2.16. The monoisotopic (exact) mass is 298 g/mol. The van der Waals surface area contributed by atoms with E-state index in [9.17, 15) is 4.79 Å². The molecule has 20 heavy (non-hydrogen) atoms. The predicted octanol–water partition coefficient (Wildman–Crippen LogP) is 3.88. The van der Waals surface area contributed by atoms with Crippen molar-refractivity contribution in [1.29, 1.82) is 0 Å². The number of hydrogen-bond acceptors (Lipinski definition) is 5. The Morgan fingerprint density at radius 2 is 2.20 bits per heavy atom. The van der Waals surface area contributed by atoms with Gasteiger partial charge in [-0.15, -0.1) is 11.3 Å². The summed E-state index contributed by atoms with van der Waals surface area (Å²) in [5.41, 5.74) is 0.960. The maximum Gasteiger partial charge on any atom is 0.306 e. The Bertz CT molecular complexity index is 406. The molecule has 0 aliphatic heterocycles. The van der Waals surface area contributed by atoms with Crippen molar-refractivity contribution in [2.45, 2.75) is 59.4 Å². The molecule has 4 nitrogen and oxygen atoms in total. The maximum atomic E-state index is 11.3. The van der Waals surface area contributed by atoms with E-state index in [-0.39, 0.29) is 5.97 Å². The Morgan fingerprint density at radius 1 is 1.45 bits per heavy atom. The number of rotatable bonds is 9. The van der Waals surface area contributed by atoms with Crippen LogP contribution in [0.5, 0.6) is 0 Å². The van der Waals surface area contributed by atoms with E-state index in [1.165, 1.54) is 6.42 Å². The summed E-state index contributed by atoms with van der Waals surface area (Å²) in [4.78, 5) is 15.8. The van der Waals surface area contributed by atoms with Crippen molar-refractivity contribution < 1.29 is 9.53 Å². The maximum absolute atomic E-state index is 11.3. The van der Waals surface area contributed by atoms with Gasteiger partial charge in [-0.2, -0.15) is 0 Å². The van der Waals surface area contributed by atoms with Crippen LogP contribution in [0.3, 0.4) is 0 Å². The number of hydrogen-bond donors (Lipinski definition) is 1. The number of aryl methyl sites for hydroxylation is 1. The van der Waals surface area contributed by atoms with E-state index >= 15 is 0 Å². The highest BCUT2D eigenvalue weighted by molar-refractivity contribution is 7.13. The van der Waals surface area contributed by atoms with Gasteiger partial charge in [-0.1, -0.05) is 20.3 Å². The standard InChI is InChI=1S/C15H26N2O2S/c1-5-11(3)9-12(4)16-15-17-13(10-20-15)7-8-14(18)19-6-2/h10-12H,5-9H2,1-4H3,(H,16,17). The highest BCUT2D eigenvalue weighted by Gasteiger charge is 2.10. The van der Waals surface area contributed by atoms with Gasteiger partial charge in [0.1, 0.15) is 0 Å². The molecule has 0 saturated heterocycles. The van der Waals surface area contributed by atoms with Crippen molar-refractivity contribution >= 4 is 22.4 Å². The van der Waals surface area contributed by atoms with Gasteiger partial charge in [0.25, 0.3) is 0 Å². The number of ether oxygens (including phenoxy) is 1. The minimum Gasteiger partial charge on any atom is -0.466 e. The van der Waals surface area contributed by atoms with Crippen molar-refractivity contribution in [3.05, 3.63) is 11.1 Å². The first-order valence-electron chi connectivity index (χ1n) is 7.41. The lowest BCUT2D eigenvalue weighted by Crippen LogP contribution is -2.18. The number of aromatic nitrogens is 1. The molecule has 0 aromatic carbocycles. The van der Waals surface area contributed by atoms with Crippen LogP contribution in [0.4, 0.5) is 5.13 Å². The van der Waals surface area contributed by atoms with E-state index in [1.807, 2.05) is 12.3 Å². The molecule has 5 heteroatoms. The molecule has 114 valence electrons. The molecule has 0 bridgehead atoms. The lowest BCUT2D eigenvalue weighted by atomic mass is 10.0. The van der Waals surface area contributed by atoms with Crippen LogP contribution in [-0.4, -0.2) is 23.6 Å². The zero-order chi connectivity index (χ0) is 15.0. The van der Waals surface area contributed by atoms with Crippen LogP contribution in [-0.2, 0) is 16.0 Å². The third kappa shape index (κ3) is 6.37. The number of esters is 1. The molecule has 2 unspecified atom stereocenters. The van der Waals surface area contributed by atoms with E-state index in [1.54, 1.807) is 11.3 Å². The van der Waals surface area contributed by atoms with Crippen LogP contribution in [0, 0.1) is 5.92 Å². The minimum absolute atomic E-state index is 0.153. The second-order valence-electron chi connectivity index (χ2n) is 5.24. The largest absolute Gasteiger partial charge is 0.466 e. The molecule has 1 rings (SSSR count). The van der Waals surface area contributed by atoms with Gasteiger partial charge >= 0.3 is 5.97 Å². The van der Waals surface area contributed by atoms with Crippen molar-refractivity contribution in [2.24, 2.45) is 5.92 Å². The van der Waals surface area contributed by atoms with Crippen molar-refractivity contribution in [3.8, 4) is 0 Å². The van der Waals surface area contributed by atoms with Crippen LogP contribution in [0.25, 0.3) is 0 Å². The Balaban J connectivity index is 2.37. The average Bonchev–Trinajstić information content (AvgIpc) is 2.84. The topological polar surface area (TPSA) is 51.2 Å². The van der Waals surface area contributed by atoms with Crippen molar-refractivity contribution in [1.82, 2.24) is 4.98 Å². The van der Waals surface area contributed by atoms with Gasteiger partial charge in [0.05, 0.1) is 18.7 Å². The Morgan fingerprint density at radius 3 is 2.85 bits per heavy atom. The van der Waals surface area contributed by atoms with Crippen LogP contribution < -0.4 is 5.32 Å². The van der Waals surface area contributed by atoms with E-state index < -0.39 is 0 Å². The predicted molar refractivity (Wildman–Crippen MR) is 84.2 cm³/mol. The number of anilines is 1. The summed E-state index contributed by atoms with van der Waals surface area (Å²) in [6.45, 7) is 8.93. The summed E-state index contributed by atoms with van der Waals surface area (Å²) in [7, 11) is 0. The molecule has 1 aromatic rings. The van der Waals surface area contributed by atoms with Gasteiger partial charge in [-0.05, 0) is 26.2 Å². The number of nitrogens with one attached hydrogen (secondary N) is 1. The molecule has 0 saturated carbocycles. The summed E-state index contributed by atoms with van der Waals surface area (Å²) in [6.07, 6.45) is 3.40. The third-order valence-electron chi connectivity index (χ3n) is 3.27. The minimum atomic E-state index is -0.153. The Kier molecular flexibility index (Phi) is 7.59. The first-order valence-corrected chi connectivity index (χ1v) is 8.29. The van der Waals surface area contributed by atoms with Crippen LogP contribution in [0.1, 0.15) is 52.7 Å². The van der Waals surface area contributed by atoms with E-state index in [4.69, 9.17) is 4.74 Å². The molecule has 1 heterocycles. The van der Waals surface area contributed by atoms with Gasteiger partial charge in [-0.3, -0.25) is 4.79 Å². The van der Waals surface area contributed by atoms with Crippen molar-refractivity contribution in [3.63, 3.8) is 0 Å². The summed E-state index contributed by atoms with van der Waals surface area (Å²) in [6, 6.07) is 0.425. The van der Waals surface area contributed by atoms with E-state index in [2.05, 4.69) is 31.1 Å². The molecular weight excluding hydrogens is 272 g/mol. The third-order valence-corrected chi connectivity index (χ3v) is 4.09. The SMILES string of the molecule is CCOC(=O)CCc1csc(NC(C)CC(C)CC)n1. The number of carbonyl (C=O) groups excluding carboxylic acids is 1. The van der Waals surface area contributed by atoms with Gasteiger partial charge in [0, 0.05) is 17.8 Å². The van der Waals surface area contributed by atoms with Crippen LogP contribution in [0.2, 0.25) is 0 Å². The number of thiazole rings is 1. The van der Waals surface area contributed by atoms with Gasteiger partial charge in [0.15, 0.2) is 5.13 Å². The summed E-state index contributed by atoms with van der Waals surface area (Å²) < 4.78 is 4.91. The Labute approximate surface area is 125 Å². The average molecular weight is 298 g/mol. The highest BCUT2D eigenvalue weighted by atomic mass is 32.1. The normalized spacial score (nSPS) is 13.8. The molecule has 0 amide bonds. The summed E-state index contributed by atoms with van der Waals surface area (Å²) in [5, 5.41) is 6.39. The summed E-state index contributed by atoms with van der Waals surface area (Å²) in [5.74, 6) is 0.570. The fraction of sp³-hybridized carbons (Fsp3) is 0.733. The number of nitrogens with zero attached hydrogens (tertiary/aromatic N) is 1. The molecule has 1 N–H and O–H groups in total. The van der Waals surface area contributed by atoms with Crippen LogP contribution in [0.15, 0.2) is 5.38 Å². The quantitative estimate of drug-likeness (QED) is 0.703. The first-order chi connectivity index (χ1) is 9.55. The highest BCUT2D eigenvalue weighted by Crippen LogP contribution is 2.20. The first kappa shape index (κ1) is 17.0. The molecular formula is C15H26N2O2S. The molecule has 1 aromatic heterocycles. The van der Waals surface area contributed by atoms with Crippen molar-refractivity contribution in [2.75, 3.05) is 11.9 Å². The molecule has 0 aliphatic carbocycles. The molecule has 2 atom stereocenters. The van der Waals surface area contributed by atoms with Gasteiger partial charge in [-0.25, -0.2) is 4.98 Å². The van der Waals surface area contributed by atoms with E-state index in [0.717, 1.165) is 23.2 Å².